The molecule has 10 heteroatoms. The summed E-state index contributed by atoms with van der Waals surface area (Å²) in [5, 5.41) is 3.25. The predicted octanol–water partition coefficient (Wildman–Crippen LogP) is 4.09. The number of amides is 2. The predicted molar refractivity (Wildman–Crippen MR) is 133 cm³/mol. The fourth-order valence-electron chi connectivity index (χ4n) is 3.34. The highest BCUT2D eigenvalue weighted by molar-refractivity contribution is 7.92. The number of anilines is 1. The molecule has 2 aromatic rings. The molecule has 180 valence electrons. The number of rotatable bonds is 11. The minimum absolute atomic E-state index is 0.100. The Labute approximate surface area is 205 Å². The zero-order valence-corrected chi connectivity index (χ0v) is 21.3. The maximum atomic E-state index is 13.5. The largest absolute Gasteiger partial charge is 0.354 e. The maximum Gasteiger partial charge on any atom is 0.244 e. The van der Waals surface area contributed by atoms with E-state index in [-0.39, 0.29) is 28.2 Å². The van der Waals surface area contributed by atoms with Gasteiger partial charge in [0.25, 0.3) is 0 Å². The normalized spacial score (nSPS) is 12.2. The third-order valence-electron chi connectivity index (χ3n) is 4.99. The molecule has 0 bridgehead atoms. The minimum Gasteiger partial charge on any atom is -0.354 e. The van der Waals surface area contributed by atoms with Crippen LogP contribution in [0.25, 0.3) is 0 Å². The van der Waals surface area contributed by atoms with Crippen molar-refractivity contribution in [2.45, 2.75) is 39.3 Å². The molecule has 1 atom stereocenters. The quantitative estimate of drug-likeness (QED) is 0.490. The van der Waals surface area contributed by atoms with E-state index in [9.17, 15) is 18.0 Å². The zero-order chi connectivity index (χ0) is 24.6. The number of halogens is 2. The van der Waals surface area contributed by atoms with E-state index in [1.54, 1.807) is 0 Å². The Kier molecular flexibility index (Phi) is 10.0. The number of nitrogens with one attached hydrogen (secondary N) is 1. The molecule has 0 aliphatic heterocycles. The zero-order valence-electron chi connectivity index (χ0n) is 18.9. The number of benzene rings is 2. The number of nitrogens with zero attached hydrogens (tertiary/aromatic N) is 2. The lowest BCUT2D eigenvalue weighted by Crippen LogP contribution is -2.52. The summed E-state index contributed by atoms with van der Waals surface area (Å²) in [6.45, 7) is 3.86. The topological polar surface area (TPSA) is 86.8 Å². The van der Waals surface area contributed by atoms with E-state index in [0.29, 0.717) is 13.0 Å². The van der Waals surface area contributed by atoms with Gasteiger partial charge in [-0.1, -0.05) is 67.4 Å². The van der Waals surface area contributed by atoms with Gasteiger partial charge in [-0.05, 0) is 36.6 Å². The van der Waals surface area contributed by atoms with Gasteiger partial charge in [0.05, 0.1) is 17.0 Å². The van der Waals surface area contributed by atoms with E-state index >= 15 is 0 Å². The van der Waals surface area contributed by atoms with Crippen molar-refractivity contribution in [1.82, 2.24) is 10.2 Å². The number of hydrogen-bond donors (Lipinski definition) is 1. The highest BCUT2D eigenvalue weighted by atomic mass is 35.5. The number of carbonyl (C=O) groups excluding carboxylic acids is 2. The second kappa shape index (κ2) is 12.3. The summed E-state index contributed by atoms with van der Waals surface area (Å²) >= 11 is 12.3. The molecule has 2 rings (SSSR count). The van der Waals surface area contributed by atoms with E-state index in [2.05, 4.69) is 5.32 Å². The van der Waals surface area contributed by atoms with Gasteiger partial charge < -0.3 is 10.2 Å². The summed E-state index contributed by atoms with van der Waals surface area (Å²) in [5.41, 5.74) is 0.919. The lowest BCUT2D eigenvalue weighted by molar-refractivity contribution is -0.140. The first kappa shape index (κ1) is 27.0. The third kappa shape index (κ3) is 7.62. The first-order valence-electron chi connectivity index (χ1n) is 10.6. The van der Waals surface area contributed by atoms with E-state index in [4.69, 9.17) is 23.2 Å². The minimum atomic E-state index is -3.88. The van der Waals surface area contributed by atoms with Gasteiger partial charge in [0.15, 0.2) is 0 Å². The van der Waals surface area contributed by atoms with Crippen molar-refractivity contribution < 1.29 is 18.0 Å². The Morgan fingerprint density at radius 1 is 1.06 bits per heavy atom. The van der Waals surface area contributed by atoms with Crippen LogP contribution in [0.3, 0.4) is 0 Å². The van der Waals surface area contributed by atoms with Crippen molar-refractivity contribution >= 4 is 50.7 Å². The molecule has 0 spiro atoms. The third-order valence-corrected chi connectivity index (χ3v) is 6.67. The molecule has 0 fully saturated rings. The van der Waals surface area contributed by atoms with Crippen LogP contribution in [0.5, 0.6) is 0 Å². The van der Waals surface area contributed by atoms with Crippen molar-refractivity contribution in [1.29, 1.82) is 0 Å². The Balaban J connectivity index is 2.44. The smallest absolute Gasteiger partial charge is 0.244 e. The number of hydrogen-bond acceptors (Lipinski definition) is 4. The standard InChI is InChI=1S/C23H29Cl2N3O4S/c1-4-13-26-23(30)20(5-2)27(15-17-9-7-6-8-10-17)22(29)16-28(33(3,31)32)21-14-18(24)11-12-19(21)25/h6-12,14,20H,4-5,13,15-16H2,1-3H3,(H,26,30)/t20-/m0/s1. The molecule has 0 aliphatic carbocycles. The first-order valence-corrected chi connectivity index (χ1v) is 13.2. The Morgan fingerprint density at radius 2 is 1.73 bits per heavy atom. The van der Waals surface area contributed by atoms with Crippen LogP contribution in [-0.4, -0.2) is 50.5 Å². The summed E-state index contributed by atoms with van der Waals surface area (Å²) in [7, 11) is -3.88. The van der Waals surface area contributed by atoms with Crippen LogP contribution in [0.4, 0.5) is 5.69 Å². The van der Waals surface area contributed by atoms with Crippen LogP contribution in [0.1, 0.15) is 32.3 Å². The van der Waals surface area contributed by atoms with Crippen molar-refractivity contribution in [3.63, 3.8) is 0 Å². The van der Waals surface area contributed by atoms with Gasteiger partial charge in [0.1, 0.15) is 12.6 Å². The van der Waals surface area contributed by atoms with Crippen LogP contribution in [0.2, 0.25) is 10.0 Å². The lowest BCUT2D eigenvalue weighted by atomic mass is 10.1. The van der Waals surface area contributed by atoms with E-state index in [1.807, 2.05) is 44.2 Å². The molecule has 0 aliphatic rings. The van der Waals surface area contributed by atoms with Crippen molar-refractivity contribution in [2.75, 3.05) is 23.7 Å². The van der Waals surface area contributed by atoms with E-state index in [1.165, 1.54) is 23.1 Å². The Morgan fingerprint density at radius 3 is 2.30 bits per heavy atom. The molecule has 33 heavy (non-hydrogen) atoms. The fourth-order valence-corrected chi connectivity index (χ4v) is 4.63. The van der Waals surface area contributed by atoms with Crippen molar-refractivity contribution in [2.24, 2.45) is 0 Å². The molecule has 0 saturated carbocycles. The van der Waals surface area contributed by atoms with E-state index < -0.39 is 28.5 Å². The van der Waals surface area contributed by atoms with Crippen LogP contribution in [-0.2, 0) is 26.2 Å². The molecule has 0 unspecified atom stereocenters. The molecule has 0 heterocycles. The SMILES string of the molecule is CCCNC(=O)[C@H](CC)N(Cc1ccccc1)C(=O)CN(c1cc(Cl)ccc1Cl)S(C)(=O)=O. The summed E-state index contributed by atoms with van der Waals surface area (Å²) in [6, 6.07) is 12.9. The van der Waals surface area contributed by atoms with Gasteiger partial charge in [0.2, 0.25) is 21.8 Å². The molecule has 2 amide bonds. The van der Waals surface area contributed by atoms with Gasteiger partial charge in [-0.25, -0.2) is 8.42 Å². The second-order valence-electron chi connectivity index (χ2n) is 7.59. The molecular formula is C23H29Cl2N3O4S. The maximum absolute atomic E-state index is 13.5. The molecular weight excluding hydrogens is 485 g/mol. The van der Waals surface area contributed by atoms with Crippen LogP contribution in [0.15, 0.2) is 48.5 Å². The van der Waals surface area contributed by atoms with Crippen molar-refractivity contribution in [3.8, 4) is 0 Å². The summed E-state index contributed by atoms with van der Waals surface area (Å²) in [5.74, 6) is -0.811. The monoisotopic (exact) mass is 513 g/mol. The number of carbonyl (C=O) groups is 2. The fraction of sp³-hybridized carbons (Fsp3) is 0.391. The Bertz CT molecular complexity index is 1060. The van der Waals surface area contributed by atoms with Crippen LogP contribution in [0, 0.1) is 0 Å². The molecule has 0 saturated heterocycles. The van der Waals surface area contributed by atoms with Gasteiger partial charge in [-0.15, -0.1) is 0 Å². The van der Waals surface area contributed by atoms with Crippen molar-refractivity contribution in [3.05, 3.63) is 64.1 Å². The van der Waals surface area contributed by atoms with Gasteiger partial charge in [0, 0.05) is 18.1 Å². The van der Waals surface area contributed by atoms with E-state index in [0.717, 1.165) is 22.5 Å². The molecule has 1 N–H and O–H groups in total. The Hall–Kier alpha value is -2.29. The lowest BCUT2D eigenvalue weighted by Gasteiger charge is -2.33. The highest BCUT2D eigenvalue weighted by Gasteiger charge is 2.32. The molecule has 7 nitrogen and oxygen atoms in total. The summed E-state index contributed by atoms with van der Waals surface area (Å²) in [6.07, 6.45) is 2.11. The first-order chi connectivity index (χ1) is 15.6. The van der Waals surface area contributed by atoms with Crippen LogP contribution >= 0.6 is 23.2 Å². The second-order valence-corrected chi connectivity index (χ2v) is 10.3. The average molecular weight is 514 g/mol. The summed E-state index contributed by atoms with van der Waals surface area (Å²) < 4.78 is 26.1. The van der Waals surface area contributed by atoms with Gasteiger partial charge in [-0.3, -0.25) is 13.9 Å². The van der Waals surface area contributed by atoms with Gasteiger partial charge >= 0.3 is 0 Å². The molecule has 0 aromatic heterocycles. The molecule has 2 aromatic carbocycles. The van der Waals surface area contributed by atoms with Gasteiger partial charge in [-0.2, -0.15) is 0 Å². The van der Waals surface area contributed by atoms with Crippen LogP contribution < -0.4 is 9.62 Å². The average Bonchev–Trinajstić information content (AvgIpc) is 2.77. The number of sulfonamides is 1. The molecule has 0 radical (unpaired) electrons. The highest BCUT2D eigenvalue weighted by Crippen LogP contribution is 2.31. The summed E-state index contributed by atoms with van der Waals surface area (Å²) in [4.78, 5) is 27.8.